The number of nitrogens with one attached hydrogen (secondary N) is 1. The molecule has 1 saturated heterocycles. The van der Waals surface area contributed by atoms with E-state index in [-0.39, 0.29) is 18.2 Å². The van der Waals surface area contributed by atoms with Gasteiger partial charge in [-0.15, -0.1) is 0 Å². The van der Waals surface area contributed by atoms with Crippen molar-refractivity contribution in [2.75, 3.05) is 12.4 Å². The fourth-order valence-electron chi connectivity index (χ4n) is 2.20. The van der Waals surface area contributed by atoms with Gasteiger partial charge in [0.25, 0.3) is 5.91 Å². The lowest BCUT2D eigenvalue weighted by atomic mass is 10.2. The fraction of sp³-hybridized carbons (Fsp3) is 0.333. The molecule has 7 nitrogen and oxygen atoms in total. The minimum absolute atomic E-state index is 0.153. The summed E-state index contributed by atoms with van der Waals surface area (Å²) in [4.78, 5) is 32.9. The van der Waals surface area contributed by atoms with E-state index in [9.17, 15) is 9.59 Å². The summed E-state index contributed by atoms with van der Waals surface area (Å²) < 4.78 is 1.87. The summed E-state index contributed by atoms with van der Waals surface area (Å²) >= 11 is 0. The maximum Gasteiger partial charge on any atom is 0.251 e. The zero-order valence-corrected chi connectivity index (χ0v) is 10.6. The van der Waals surface area contributed by atoms with Crippen LogP contribution >= 0.6 is 0 Å². The van der Waals surface area contributed by atoms with Crippen molar-refractivity contribution < 1.29 is 9.59 Å². The van der Waals surface area contributed by atoms with Gasteiger partial charge in [-0.2, -0.15) is 0 Å². The van der Waals surface area contributed by atoms with Gasteiger partial charge in [0.2, 0.25) is 5.91 Å². The van der Waals surface area contributed by atoms with E-state index in [2.05, 4.69) is 15.3 Å². The topological polar surface area (TPSA) is 80.1 Å². The zero-order chi connectivity index (χ0) is 13.6. The second-order valence-electron chi connectivity index (χ2n) is 4.57. The first-order chi connectivity index (χ1) is 9.08. The van der Waals surface area contributed by atoms with E-state index in [1.165, 1.54) is 7.05 Å². The third kappa shape index (κ3) is 1.74. The molecule has 19 heavy (non-hydrogen) atoms. The monoisotopic (exact) mass is 259 g/mol. The molecular formula is C12H13N5O2. The number of carbonyl (C=O) groups is 2. The van der Waals surface area contributed by atoms with Crippen LogP contribution in [0.2, 0.25) is 0 Å². The van der Waals surface area contributed by atoms with E-state index < -0.39 is 6.04 Å². The number of pyridine rings is 1. The van der Waals surface area contributed by atoms with Crippen LogP contribution in [0.4, 0.5) is 5.82 Å². The number of fused-ring (bicyclic) bond motifs is 1. The maximum atomic E-state index is 11.9. The summed E-state index contributed by atoms with van der Waals surface area (Å²) in [6.07, 6.45) is 3.49. The maximum absolute atomic E-state index is 11.9. The molecule has 2 amide bonds. The smallest absolute Gasteiger partial charge is 0.251 e. The van der Waals surface area contributed by atoms with Crippen LogP contribution in [0.15, 0.2) is 18.6 Å². The van der Waals surface area contributed by atoms with E-state index in [0.717, 1.165) is 10.4 Å². The van der Waals surface area contributed by atoms with Crippen LogP contribution in [0, 0.1) is 0 Å². The van der Waals surface area contributed by atoms with Gasteiger partial charge < -0.3 is 9.88 Å². The van der Waals surface area contributed by atoms with E-state index in [1.807, 2.05) is 17.7 Å². The number of hydrogen-bond donors (Lipinski definition) is 1. The molecule has 1 aliphatic heterocycles. The molecule has 1 N–H and O–H groups in total. The molecular weight excluding hydrogens is 246 g/mol. The van der Waals surface area contributed by atoms with Gasteiger partial charge in [0, 0.05) is 20.3 Å². The highest BCUT2D eigenvalue weighted by molar-refractivity contribution is 6.07. The largest absolute Gasteiger partial charge is 0.356 e. The number of rotatable bonds is 2. The average Bonchev–Trinajstić information content (AvgIpc) is 2.88. The molecule has 0 saturated carbocycles. The van der Waals surface area contributed by atoms with Crippen molar-refractivity contribution in [2.24, 2.45) is 7.05 Å². The van der Waals surface area contributed by atoms with Gasteiger partial charge in [-0.1, -0.05) is 0 Å². The predicted octanol–water partition coefficient (Wildman–Crippen LogP) is 0.137. The number of hydrogen-bond acceptors (Lipinski definition) is 5. The van der Waals surface area contributed by atoms with Crippen LogP contribution in [0.5, 0.6) is 0 Å². The molecule has 2 aromatic rings. The molecule has 0 bridgehead atoms. The molecule has 1 aliphatic rings. The SMILES string of the molecule is CN1C(=O)CC(Nc2nccc3c2ncn3C)C1=O. The highest BCUT2D eigenvalue weighted by Gasteiger charge is 2.36. The lowest BCUT2D eigenvalue weighted by Gasteiger charge is -2.11. The standard InChI is InChI=1S/C12H13N5O2/c1-16-6-14-10-8(16)3-4-13-11(10)15-7-5-9(18)17(2)12(7)19/h3-4,6-7H,5H2,1-2H3,(H,13,15). The minimum atomic E-state index is -0.558. The third-order valence-electron chi connectivity index (χ3n) is 3.34. The fourth-order valence-corrected chi connectivity index (χ4v) is 2.20. The lowest BCUT2D eigenvalue weighted by molar-refractivity contribution is -0.136. The summed E-state index contributed by atoms with van der Waals surface area (Å²) in [5.74, 6) is 0.106. The average molecular weight is 259 g/mol. The molecule has 1 atom stereocenters. The number of carbonyl (C=O) groups excluding carboxylic acids is 2. The number of aryl methyl sites for hydroxylation is 1. The summed E-state index contributed by atoms with van der Waals surface area (Å²) in [6.45, 7) is 0. The molecule has 3 rings (SSSR count). The minimum Gasteiger partial charge on any atom is -0.356 e. The number of aromatic nitrogens is 3. The first-order valence-corrected chi connectivity index (χ1v) is 5.91. The molecule has 3 heterocycles. The Morgan fingerprint density at radius 2 is 2.11 bits per heavy atom. The van der Waals surface area contributed by atoms with Gasteiger partial charge in [0.15, 0.2) is 5.82 Å². The van der Waals surface area contributed by atoms with Crippen molar-refractivity contribution >= 4 is 28.7 Å². The van der Waals surface area contributed by atoms with Crippen LogP contribution < -0.4 is 5.32 Å². The Balaban J connectivity index is 1.94. The third-order valence-corrected chi connectivity index (χ3v) is 3.34. The van der Waals surface area contributed by atoms with Crippen LogP contribution in [-0.4, -0.2) is 44.3 Å². The van der Waals surface area contributed by atoms with Gasteiger partial charge in [0.1, 0.15) is 11.6 Å². The number of likely N-dealkylation sites (N-methyl/N-ethyl adjacent to an activating group) is 1. The Morgan fingerprint density at radius 1 is 1.32 bits per heavy atom. The molecule has 98 valence electrons. The Kier molecular flexibility index (Phi) is 2.48. The number of likely N-dealkylation sites (tertiary alicyclic amines) is 1. The summed E-state index contributed by atoms with van der Waals surface area (Å²) in [5, 5.41) is 3.01. The number of amides is 2. The van der Waals surface area contributed by atoms with Crippen molar-refractivity contribution in [3.05, 3.63) is 18.6 Å². The first-order valence-electron chi connectivity index (χ1n) is 5.91. The molecule has 1 unspecified atom stereocenters. The second-order valence-corrected chi connectivity index (χ2v) is 4.57. The number of imidazole rings is 1. The molecule has 2 aromatic heterocycles. The van der Waals surface area contributed by atoms with Gasteiger partial charge >= 0.3 is 0 Å². The van der Waals surface area contributed by atoms with Crippen molar-refractivity contribution in [1.29, 1.82) is 0 Å². The van der Waals surface area contributed by atoms with E-state index >= 15 is 0 Å². The van der Waals surface area contributed by atoms with E-state index in [4.69, 9.17) is 0 Å². The van der Waals surface area contributed by atoms with Gasteiger partial charge in [-0.05, 0) is 6.07 Å². The number of nitrogens with zero attached hydrogens (tertiary/aromatic N) is 4. The van der Waals surface area contributed by atoms with Gasteiger partial charge in [-0.3, -0.25) is 14.5 Å². The van der Waals surface area contributed by atoms with Crippen LogP contribution in [-0.2, 0) is 16.6 Å². The van der Waals surface area contributed by atoms with Crippen LogP contribution in [0.1, 0.15) is 6.42 Å². The molecule has 7 heteroatoms. The molecule has 1 fully saturated rings. The predicted molar refractivity (Wildman–Crippen MR) is 68.3 cm³/mol. The Bertz CT molecular complexity index is 678. The lowest BCUT2D eigenvalue weighted by Crippen LogP contribution is -2.32. The van der Waals surface area contributed by atoms with Crippen molar-refractivity contribution in [1.82, 2.24) is 19.4 Å². The zero-order valence-electron chi connectivity index (χ0n) is 10.6. The number of anilines is 1. The molecule has 0 radical (unpaired) electrons. The van der Waals surface area contributed by atoms with Crippen molar-refractivity contribution in [2.45, 2.75) is 12.5 Å². The first kappa shape index (κ1) is 11.6. The molecule has 0 spiro atoms. The number of imide groups is 1. The van der Waals surface area contributed by atoms with Crippen molar-refractivity contribution in [3.8, 4) is 0 Å². The molecule has 0 aliphatic carbocycles. The van der Waals surface area contributed by atoms with Crippen molar-refractivity contribution in [3.63, 3.8) is 0 Å². The van der Waals surface area contributed by atoms with Crippen LogP contribution in [0.25, 0.3) is 11.0 Å². The Morgan fingerprint density at radius 3 is 2.79 bits per heavy atom. The summed E-state index contributed by atoms with van der Waals surface area (Å²) in [6, 6.07) is 1.29. The van der Waals surface area contributed by atoms with E-state index in [0.29, 0.717) is 11.3 Å². The highest BCUT2D eigenvalue weighted by atomic mass is 16.2. The van der Waals surface area contributed by atoms with E-state index in [1.54, 1.807) is 12.5 Å². The van der Waals surface area contributed by atoms with Crippen LogP contribution in [0.3, 0.4) is 0 Å². The summed E-state index contributed by atoms with van der Waals surface area (Å²) in [7, 11) is 3.37. The normalized spacial score (nSPS) is 19.5. The quantitative estimate of drug-likeness (QED) is 0.776. The highest BCUT2D eigenvalue weighted by Crippen LogP contribution is 2.22. The molecule has 0 aromatic carbocycles. The second kappa shape index (κ2) is 4.04. The summed E-state index contributed by atoms with van der Waals surface area (Å²) in [5.41, 5.74) is 1.61. The van der Waals surface area contributed by atoms with Gasteiger partial charge in [0.05, 0.1) is 18.3 Å². The Hall–Kier alpha value is -2.44. The Labute approximate surface area is 109 Å². The van der Waals surface area contributed by atoms with Gasteiger partial charge in [-0.25, -0.2) is 9.97 Å².